The molecule has 2 atom stereocenters. The van der Waals surface area contributed by atoms with E-state index in [1.54, 1.807) is 16.2 Å². The number of carbonyl (C=O) groups is 1. The Morgan fingerprint density at radius 1 is 1.35 bits per heavy atom. The highest BCUT2D eigenvalue weighted by atomic mass is 32.1. The second kappa shape index (κ2) is 5.39. The van der Waals surface area contributed by atoms with E-state index >= 15 is 0 Å². The SMILES string of the molecule is Cc1ccc([C@@H]2NC(=O)c3c(sc4c3CC[NH+](C(C)C)C4)N2)o1. The van der Waals surface area contributed by atoms with Crippen LogP contribution in [0.25, 0.3) is 0 Å². The van der Waals surface area contributed by atoms with Crippen molar-refractivity contribution in [2.45, 2.75) is 45.9 Å². The molecular formula is C17H22N3O2S+. The largest absolute Gasteiger partial charge is 0.462 e. The Morgan fingerprint density at radius 3 is 2.87 bits per heavy atom. The predicted molar refractivity (Wildman–Crippen MR) is 90.0 cm³/mol. The van der Waals surface area contributed by atoms with Gasteiger partial charge >= 0.3 is 0 Å². The van der Waals surface area contributed by atoms with Gasteiger partial charge in [0.2, 0.25) is 0 Å². The van der Waals surface area contributed by atoms with Gasteiger partial charge in [-0.05, 0) is 38.5 Å². The highest BCUT2D eigenvalue weighted by Crippen LogP contribution is 2.39. The molecule has 0 fully saturated rings. The first-order chi connectivity index (χ1) is 11.0. The van der Waals surface area contributed by atoms with Crippen molar-refractivity contribution >= 4 is 22.2 Å². The molecule has 4 rings (SSSR count). The van der Waals surface area contributed by atoms with E-state index in [0.717, 1.165) is 41.6 Å². The summed E-state index contributed by atoms with van der Waals surface area (Å²) in [5.74, 6) is 1.62. The first-order valence-electron chi connectivity index (χ1n) is 8.15. The number of amides is 1. The number of carbonyl (C=O) groups excluding carboxylic acids is 1. The van der Waals surface area contributed by atoms with E-state index in [4.69, 9.17) is 4.42 Å². The van der Waals surface area contributed by atoms with Gasteiger partial charge in [-0.15, -0.1) is 11.3 Å². The third-order valence-corrected chi connectivity index (χ3v) is 5.98. The summed E-state index contributed by atoms with van der Waals surface area (Å²) >= 11 is 1.73. The van der Waals surface area contributed by atoms with Crippen LogP contribution in [0.4, 0.5) is 5.00 Å². The Hall–Kier alpha value is -1.79. The maximum Gasteiger partial charge on any atom is 0.256 e. The minimum Gasteiger partial charge on any atom is -0.462 e. The smallest absolute Gasteiger partial charge is 0.256 e. The monoisotopic (exact) mass is 332 g/mol. The van der Waals surface area contributed by atoms with Gasteiger partial charge < -0.3 is 20.0 Å². The Morgan fingerprint density at radius 2 is 2.17 bits per heavy atom. The van der Waals surface area contributed by atoms with Crippen molar-refractivity contribution in [1.29, 1.82) is 0 Å². The van der Waals surface area contributed by atoms with Crippen LogP contribution in [0.1, 0.15) is 52.3 Å². The number of aryl methyl sites for hydroxylation is 1. The van der Waals surface area contributed by atoms with Crippen LogP contribution in [-0.2, 0) is 13.0 Å². The van der Waals surface area contributed by atoms with Crippen LogP contribution in [0.3, 0.4) is 0 Å². The number of nitrogens with one attached hydrogen (secondary N) is 3. The molecule has 2 aliphatic rings. The molecule has 5 nitrogen and oxygen atoms in total. The maximum atomic E-state index is 12.6. The number of thiophene rings is 1. The van der Waals surface area contributed by atoms with Crippen molar-refractivity contribution in [2.24, 2.45) is 0 Å². The summed E-state index contributed by atoms with van der Waals surface area (Å²) in [7, 11) is 0. The van der Waals surface area contributed by atoms with E-state index in [2.05, 4.69) is 24.5 Å². The van der Waals surface area contributed by atoms with Crippen molar-refractivity contribution in [2.75, 3.05) is 11.9 Å². The van der Waals surface area contributed by atoms with Crippen LogP contribution >= 0.6 is 11.3 Å². The fourth-order valence-corrected chi connectivity index (χ4v) is 4.78. The number of hydrogen-bond donors (Lipinski definition) is 3. The minimum absolute atomic E-state index is 0.0169. The van der Waals surface area contributed by atoms with Gasteiger partial charge in [0, 0.05) is 6.42 Å². The molecule has 1 unspecified atom stereocenters. The fraction of sp³-hybridized carbons (Fsp3) is 0.471. The van der Waals surface area contributed by atoms with Crippen LogP contribution < -0.4 is 15.5 Å². The highest BCUT2D eigenvalue weighted by molar-refractivity contribution is 7.16. The molecule has 3 N–H and O–H groups in total. The molecule has 23 heavy (non-hydrogen) atoms. The Bertz CT molecular complexity index is 762. The molecule has 2 aromatic heterocycles. The van der Waals surface area contributed by atoms with E-state index < -0.39 is 0 Å². The number of hydrogen-bond acceptors (Lipinski definition) is 4. The lowest BCUT2D eigenvalue weighted by Gasteiger charge is -2.28. The van der Waals surface area contributed by atoms with Crippen molar-refractivity contribution in [3.05, 3.63) is 39.7 Å². The lowest BCUT2D eigenvalue weighted by molar-refractivity contribution is -0.936. The molecule has 0 aromatic carbocycles. The molecule has 0 spiro atoms. The molecule has 2 aromatic rings. The Balaban J connectivity index is 1.66. The zero-order valence-electron chi connectivity index (χ0n) is 13.7. The number of quaternary nitrogens is 1. The first-order valence-corrected chi connectivity index (χ1v) is 8.97. The van der Waals surface area contributed by atoms with Gasteiger partial charge in [0.05, 0.1) is 23.0 Å². The van der Waals surface area contributed by atoms with Gasteiger partial charge in [-0.2, -0.15) is 0 Å². The van der Waals surface area contributed by atoms with Crippen LogP contribution in [0.2, 0.25) is 0 Å². The Kier molecular flexibility index (Phi) is 3.46. The number of rotatable bonds is 2. The Labute approximate surface area is 139 Å². The van der Waals surface area contributed by atoms with E-state index in [9.17, 15) is 4.79 Å². The summed E-state index contributed by atoms with van der Waals surface area (Å²) < 4.78 is 5.66. The number of fused-ring (bicyclic) bond motifs is 3. The quantitative estimate of drug-likeness (QED) is 0.787. The van der Waals surface area contributed by atoms with E-state index in [0.29, 0.717) is 6.04 Å². The van der Waals surface area contributed by atoms with Gasteiger partial charge in [0.1, 0.15) is 23.1 Å². The molecule has 4 heterocycles. The first kappa shape index (κ1) is 14.8. The lowest BCUT2D eigenvalue weighted by atomic mass is 10.0. The molecule has 0 saturated heterocycles. The predicted octanol–water partition coefficient (Wildman–Crippen LogP) is 1.85. The normalized spacial score (nSPS) is 23.2. The second-order valence-electron chi connectivity index (χ2n) is 6.70. The molecule has 1 amide bonds. The van der Waals surface area contributed by atoms with Crippen molar-refractivity contribution in [1.82, 2.24) is 5.32 Å². The van der Waals surface area contributed by atoms with Crippen molar-refractivity contribution in [3.8, 4) is 0 Å². The van der Waals surface area contributed by atoms with Crippen LogP contribution in [-0.4, -0.2) is 18.5 Å². The van der Waals surface area contributed by atoms with Gasteiger partial charge in [-0.1, -0.05) is 0 Å². The topological polar surface area (TPSA) is 58.7 Å². The van der Waals surface area contributed by atoms with Crippen LogP contribution in [0.5, 0.6) is 0 Å². The molecule has 0 radical (unpaired) electrons. The third-order valence-electron chi connectivity index (χ3n) is 4.81. The van der Waals surface area contributed by atoms with Gasteiger partial charge in [-0.25, -0.2) is 0 Å². The molecule has 0 aliphatic carbocycles. The summed E-state index contributed by atoms with van der Waals surface area (Å²) in [6, 6.07) is 4.45. The summed E-state index contributed by atoms with van der Waals surface area (Å²) in [5, 5.41) is 7.46. The average Bonchev–Trinajstić information content (AvgIpc) is 3.09. The molecule has 0 saturated carbocycles. The highest BCUT2D eigenvalue weighted by Gasteiger charge is 2.35. The van der Waals surface area contributed by atoms with Crippen molar-refractivity contribution in [3.63, 3.8) is 0 Å². The van der Waals surface area contributed by atoms with Gasteiger partial charge in [-0.3, -0.25) is 4.79 Å². The van der Waals surface area contributed by atoms with E-state index in [-0.39, 0.29) is 12.1 Å². The zero-order valence-corrected chi connectivity index (χ0v) is 14.5. The maximum absolute atomic E-state index is 12.6. The molecular weight excluding hydrogens is 310 g/mol. The molecule has 0 bridgehead atoms. The fourth-order valence-electron chi connectivity index (χ4n) is 3.46. The van der Waals surface area contributed by atoms with Crippen molar-refractivity contribution < 1.29 is 14.1 Å². The lowest BCUT2D eigenvalue weighted by Crippen LogP contribution is -3.14. The molecule has 2 aliphatic heterocycles. The van der Waals surface area contributed by atoms with Gasteiger partial charge in [0.25, 0.3) is 5.91 Å². The molecule has 6 heteroatoms. The third kappa shape index (κ3) is 2.46. The number of anilines is 1. The second-order valence-corrected chi connectivity index (χ2v) is 7.80. The summed E-state index contributed by atoms with van der Waals surface area (Å²) in [6.07, 6.45) is 0.700. The van der Waals surface area contributed by atoms with Crippen LogP contribution in [0.15, 0.2) is 16.5 Å². The van der Waals surface area contributed by atoms with E-state index in [1.165, 1.54) is 10.4 Å². The minimum atomic E-state index is -0.280. The standard InChI is InChI=1S/C17H21N3O2S/c1-9(2)20-7-6-11-13(8-20)23-17-14(11)16(21)18-15(19-17)12-5-4-10(3)22-12/h4-5,9,15,19H,6-8H2,1-3H3,(H,18,21)/p+1/t15-/m1/s1. The van der Waals surface area contributed by atoms with Crippen LogP contribution in [0, 0.1) is 6.92 Å². The average molecular weight is 332 g/mol. The molecule has 122 valence electrons. The summed E-state index contributed by atoms with van der Waals surface area (Å²) in [4.78, 5) is 15.6. The van der Waals surface area contributed by atoms with E-state index in [1.807, 2.05) is 19.1 Å². The summed E-state index contributed by atoms with van der Waals surface area (Å²) in [5.41, 5.74) is 2.10. The number of furan rings is 1. The summed E-state index contributed by atoms with van der Waals surface area (Å²) in [6.45, 7) is 8.54. The zero-order chi connectivity index (χ0) is 16.1. The van der Waals surface area contributed by atoms with Gasteiger partial charge in [0.15, 0.2) is 6.17 Å².